The molecule has 0 atom stereocenters. The van der Waals surface area contributed by atoms with Gasteiger partial charge in [-0.2, -0.15) is 10.1 Å². The number of amides is 1. The van der Waals surface area contributed by atoms with Crippen molar-refractivity contribution in [2.45, 2.75) is 13.3 Å². The number of Topliss-reactive ketones (excluding diaryl/α,β-unsaturated/α-hetero) is 1. The van der Waals surface area contributed by atoms with Gasteiger partial charge in [-0.3, -0.25) is 9.59 Å². The van der Waals surface area contributed by atoms with Crippen LogP contribution in [0.15, 0.2) is 17.2 Å². The van der Waals surface area contributed by atoms with Crippen LogP contribution < -0.4 is 5.01 Å². The number of phenols is 1. The number of halogens is 2. The number of hydrogen-bond donors (Lipinski definition) is 1. The van der Waals surface area contributed by atoms with Gasteiger partial charge in [-0.1, -0.05) is 23.2 Å². The summed E-state index contributed by atoms with van der Waals surface area (Å²) in [6, 6.07) is 2.71. The SMILES string of the molecule is CC1=NN(c2cc(Cl)c(O)c(Cl)c2)C(=O)CC1=O. The van der Waals surface area contributed by atoms with Crippen molar-refractivity contribution in [3.63, 3.8) is 0 Å². The van der Waals surface area contributed by atoms with Crippen LogP contribution in [0.5, 0.6) is 5.75 Å². The molecule has 0 saturated carbocycles. The van der Waals surface area contributed by atoms with E-state index in [0.29, 0.717) is 5.69 Å². The number of benzene rings is 1. The van der Waals surface area contributed by atoms with Crippen LogP contribution in [0.3, 0.4) is 0 Å². The van der Waals surface area contributed by atoms with E-state index < -0.39 is 5.91 Å². The van der Waals surface area contributed by atoms with Gasteiger partial charge in [0.2, 0.25) is 0 Å². The number of hydrogen-bond acceptors (Lipinski definition) is 4. The summed E-state index contributed by atoms with van der Waals surface area (Å²) in [6.07, 6.45) is -0.245. The summed E-state index contributed by atoms with van der Waals surface area (Å²) < 4.78 is 0. The Balaban J connectivity index is 2.49. The van der Waals surface area contributed by atoms with Gasteiger partial charge in [-0.05, 0) is 19.1 Å². The Kier molecular flexibility index (Phi) is 3.28. The molecule has 1 aromatic rings. The molecule has 1 aliphatic heterocycles. The molecular weight excluding hydrogens is 279 g/mol. The van der Waals surface area contributed by atoms with E-state index in [-0.39, 0.29) is 33.7 Å². The smallest absolute Gasteiger partial charge is 0.255 e. The van der Waals surface area contributed by atoms with Crippen LogP contribution in [0.4, 0.5) is 5.69 Å². The highest BCUT2D eigenvalue weighted by Crippen LogP contribution is 2.36. The Morgan fingerprint density at radius 2 is 1.83 bits per heavy atom. The van der Waals surface area contributed by atoms with Crippen LogP contribution in [0.2, 0.25) is 10.0 Å². The number of phenolic OH excluding ortho intramolecular Hbond substituents is 1. The average Bonchev–Trinajstić information content (AvgIpc) is 2.30. The summed E-state index contributed by atoms with van der Waals surface area (Å²) in [5.74, 6) is -1.04. The molecular formula is C11H8Cl2N2O3. The molecule has 7 heteroatoms. The highest BCUT2D eigenvalue weighted by atomic mass is 35.5. The minimum atomic E-state index is -0.469. The van der Waals surface area contributed by atoms with Crippen LogP contribution in [-0.4, -0.2) is 22.5 Å². The summed E-state index contributed by atoms with van der Waals surface area (Å²) in [5, 5.41) is 14.4. The van der Waals surface area contributed by atoms with E-state index in [1.54, 1.807) is 0 Å². The molecule has 1 heterocycles. The van der Waals surface area contributed by atoms with Gasteiger partial charge in [0.15, 0.2) is 11.5 Å². The molecule has 0 aromatic heterocycles. The summed E-state index contributed by atoms with van der Waals surface area (Å²) in [5.41, 5.74) is 0.537. The molecule has 1 aliphatic rings. The molecule has 1 amide bonds. The van der Waals surface area contributed by atoms with Gasteiger partial charge < -0.3 is 5.11 Å². The fourth-order valence-electron chi connectivity index (χ4n) is 1.48. The molecule has 0 fully saturated rings. The van der Waals surface area contributed by atoms with Crippen LogP contribution in [-0.2, 0) is 9.59 Å². The van der Waals surface area contributed by atoms with E-state index in [9.17, 15) is 14.7 Å². The molecule has 5 nitrogen and oxygen atoms in total. The first-order valence-electron chi connectivity index (χ1n) is 4.99. The lowest BCUT2D eigenvalue weighted by molar-refractivity contribution is -0.124. The predicted octanol–water partition coefficient (Wildman–Crippen LogP) is 2.38. The van der Waals surface area contributed by atoms with E-state index in [1.165, 1.54) is 19.1 Å². The van der Waals surface area contributed by atoms with E-state index >= 15 is 0 Å². The molecule has 1 N–H and O–H groups in total. The van der Waals surface area contributed by atoms with Crippen LogP contribution in [0.25, 0.3) is 0 Å². The third-order valence-electron chi connectivity index (χ3n) is 2.45. The van der Waals surface area contributed by atoms with Crippen LogP contribution in [0, 0.1) is 0 Å². The summed E-state index contributed by atoms with van der Waals surface area (Å²) in [7, 11) is 0. The van der Waals surface area contributed by atoms with Crippen molar-refractivity contribution in [3.8, 4) is 5.75 Å². The fraction of sp³-hybridized carbons (Fsp3) is 0.182. The zero-order valence-electron chi connectivity index (χ0n) is 9.28. The second kappa shape index (κ2) is 4.59. The van der Waals surface area contributed by atoms with Crippen molar-refractivity contribution in [1.29, 1.82) is 0 Å². The Morgan fingerprint density at radius 1 is 1.28 bits per heavy atom. The van der Waals surface area contributed by atoms with Crippen molar-refractivity contribution in [2.75, 3.05) is 5.01 Å². The van der Waals surface area contributed by atoms with Crippen molar-refractivity contribution in [3.05, 3.63) is 22.2 Å². The van der Waals surface area contributed by atoms with Gasteiger partial charge in [0.05, 0.1) is 22.2 Å². The highest BCUT2D eigenvalue weighted by molar-refractivity contribution is 6.44. The lowest BCUT2D eigenvalue weighted by atomic mass is 10.1. The molecule has 0 bridgehead atoms. The van der Waals surface area contributed by atoms with E-state index in [1.807, 2.05) is 0 Å². The predicted molar refractivity (Wildman–Crippen MR) is 68.3 cm³/mol. The summed E-state index contributed by atoms with van der Waals surface area (Å²) in [4.78, 5) is 23.0. The molecule has 0 spiro atoms. The Bertz CT molecular complexity index is 561. The van der Waals surface area contributed by atoms with E-state index in [4.69, 9.17) is 23.2 Å². The molecule has 0 unspecified atom stereocenters. The maximum absolute atomic E-state index is 11.7. The zero-order chi connectivity index (χ0) is 13.4. The minimum absolute atomic E-state index is 0.00931. The third-order valence-corrected chi connectivity index (χ3v) is 3.02. The van der Waals surface area contributed by atoms with Crippen LogP contribution in [0.1, 0.15) is 13.3 Å². The number of hydrazone groups is 1. The Labute approximate surface area is 113 Å². The topological polar surface area (TPSA) is 70.0 Å². The first-order chi connectivity index (χ1) is 8.40. The fourth-order valence-corrected chi connectivity index (χ4v) is 1.95. The van der Waals surface area contributed by atoms with Crippen molar-refractivity contribution >= 4 is 46.3 Å². The lowest BCUT2D eigenvalue weighted by Crippen LogP contribution is -2.36. The molecule has 94 valence electrons. The van der Waals surface area contributed by atoms with Crippen molar-refractivity contribution in [2.24, 2.45) is 5.10 Å². The van der Waals surface area contributed by atoms with Gasteiger partial charge in [0.1, 0.15) is 5.71 Å². The molecule has 2 rings (SSSR count). The monoisotopic (exact) mass is 286 g/mol. The van der Waals surface area contributed by atoms with Crippen molar-refractivity contribution in [1.82, 2.24) is 0 Å². The number of carbonyl (C=O) groups excluding carboxylic acids is 2. The maximum Gasteiger partial charge on any atom is 0.255 e. The number of ketones is 1. The molecule has 0 radical (unpaired) electrons. The van der Waals surface area contributed by atoms with E-state index in [2.05, 4.69) is 5.10 Å². The average molecular weight is 287 g/mol. The second-order valence-corrected chi connectivity index (χ2v) is 4.56. The van der Waals surface area contributed by atoms with Gasteiger partial charge in [-0.15, -0.1) is 0 Å². The second-order valence-electron chi connectivity index (χ2n) is 3.75. The lowest BCUT2D eigenvalue weighted by Gasteiger charge is -2.22. The molecule has 0 saturated heterocycles. The minimum Gasteiger partial charge on any atom is -0.505 e. The van der Waals surface area contributed by atoms with Crippen molar-refractivity contribution < 1.29 is 14.7 Å². The largest absolute Gasteiger partial charge is 0.505 e. The van der Waals surface area contributed by atoms with Gasteiger partial charge in [-0.25, -0.2) is 0 Å². The number of anilines is 1. The number of aromatic hydroxyl groups is 1. The molecule has 18 heavy (non-hydrogen) atoms. The standard InChI is InChI=1S/C11H8Cl2N2O3/c1-5-9(16)4-10(17)15(14-5)6-2-7(12)11(18)8(13)3-6/h2-3,18H,4H2,1H3. The number of rotatable bonds is 1. The van der Waals surface area contributed by atoms with Crippen LogP contribution >= 0.6 is 23.2 Å². The van der Waals surface area contributed by atoms with Gasteiger partial charge in [0, 0.05) is 0 Å². The zero-order valence-corrected chi connectivity index (χ0v) is 10.8. The molecule has 1 aromatic carbocycles. The first kappa shape index (κ1) is 12.9. The number of carbonyl (C=O) groups is 2. The maximum atomic E-state index is 11.7. The third kappa shape index (κ3) is 2.19. The highest BCUT2D eigenvalue weighted by Gasteiger charge is 2.27. The number of nitrogens with zero attached hydrogens (tertiary/aromatic N) is 2. The molecule has 0 aliphatic carbocycles. The Morgan fingerprint density at radius 3 is 2.39 bits per heavy atom. The van der Waals surface area contributed by atoms with Gasteiger partial charge >= 0.3 is 0 Å². The van der Waals surface area contributed by atoms with Gasteiger partial charge in [0.25, 0.3) is 5.91 Å². The first-order valence-corrected chi connectivity index (χ1v) is 5.75. The Hall–Kier alpha value is -1.59. The van der Waals surface area contributed by atoms with E-state index in [0.717, 1.165) is 5.01 Å². The summed E-state index contributed by atoms with van der Waals surface area (Å²) >= 11 is 11.5. The summed E-state index contributed by atoms with van der Waals surface area (Å²) in [6.45, 7) is 1.52. The normalized spacial score (nSPS) is 15.9. The quantitative estimate of drug-likeness (QED) is 0.806.